The van der Waals surface area contributed by atoms with E-state index in [0.717, 1.165) is 13.0 Å². The third-order valence-electron chi connectivity index (χ3n) is 3.79. The van der Waals surface area contributed by atoms with Crippen LogP contribution < -0.4 is 0 Å². The van der Waals surface area contributed by atoms with Gasteiger partial charge in [0.2, 0.25) is 0 Å². The summed E-state index contributed by atoms with van der Waals surface area (Å²) >= 11 is 0. The average Bonchev–Trinajstić information content (AvgIpc) is 2.55. The topological polar surface area (TPSA) is 63.2 Å². The summed E-state index contributed by atoms with van der Waals surface area (Å²) in [5, 5.41) is 0. The van der Waals surface area contributed by atoms with E-state index in [1.54, 1.807) is 0 Å². The van der Waals surface area contributed by atoms with Crippen LogP contribution in [0.4, 0.5) is 0 Å². The van der Waals surface area contributed by atoms with Crippen molar-refractivity contribution in [1.29, 1.82) is 0 Å². The highest BCUT2D eigenvalue weighted by Gasteiger charge is 2.20. The van der Waals surface area contributed by atoms with Crippen molar-refractivity contribution in [2.45, 2.75) is 54.4 Å². The molecule has 0 aliphatic heterocycles. The maximum absolute atomic E-state index is 11.7. The number of rotatable bonds is 17. The second kappa shape index (κ2) is 15.4. The molecule has 0 aromatic carbocycles. The maximum atomic E-state index is 11.7. The van der Waals surface area contributed by atoms with Crippen molar-refractivity contribution in [1.82, 2.24) is 0 Å². The highest BCUT2D eigenvalue weighted by molar-refractivity contribution is 5.83. The monoisotopic (exact) mass is 390 g/mol. The molecule has 0 saturated carbocycles. The SMILES string of the molecule is CC(C)(C)CCOCCOCCOCCOCCOCCC(=O)C(C)(C)C. The van der Waals surface area contributed by atoms with Crippen molar-refractivity contribution in [2.24, 2.45) is 10.8 Å². The fourth-order valence-electron chi connectivity index (χ4n) is 1.90. The third kappa shape index (κ3) is 20.0. The van der Waals surface area contributed by atoms with E-state index in [1.165, 1.54) is 0 Å². The summed E-state index contributed by atoms with van der Waals surface area (Å²) in [6.07, 6.45) is 1.50. The lowest BCUT2D eigenvalue weighted by Gasteiger charge is -2.17. The van der Waals surface area contributed by atoms with Gasteiger partial charge in [0.15, 0.2) is 0 Å². The first-order valence-electron chi connectivity index (χ1n) is 10.0. The normalized spacial score (nSPS) is 12.5. The molecule has 6 heteroatoms. The van der Waals surface area contributed by atoms with Gasteiger partial charge in [-0.25, -0.2) is 0 Å². The number of carbonyl (C=O) groups is 1. The van der Waals surface area contributed by atoms with E-state index in [1.807, 2.05) is 20.8 Å². The number of hydrogen-bond acceptors (Lipinski definition) is 6. The van der Waals surface area contributed by atoms with Crippen LogP contribution in [0, 0.1) is 10.8 Å². The summed E-state index contributed by atoms with van der Waals surface area (Å²) in [6.45, 7) is 18.0. The second-order valence-corrected chi connectivity index (χ2v) is 8.80. The van der Waals surface area contributed by atoms with Gasteiger partial charge in [0, 0.05) is 18.4 Å². The lowest BCUT2D eigenvalue weighted by Crippen LogP contribution is -2.22. The van der Waals surface area contributed by atoms with Gasteiger partial charge in [-0.2, -0.15) is 0 Å². The van der Waals surface area contributed by atoms with Crippen LogP contribution in [0.1, 0.15) is 54.4 Å². The van der Waals surface area contributed by atoms with Gasteiger partial charge < -0.3 is 23.7 Å². The molecule has 27 heavy (non-hydrogen) atoms. The van der Waals surface area contributed by atoms with Crippen molar-refractivity contribution in [3.05, 3.63) is 0 Å². The molecular formula is C21H42O6. The summed E-state index contributed by atoms with van der Waals surface area (Å²) < 4.78 is 27.2. The molecule has 0 aromatic heterocycles. The quantitative estimate of drug-likeness (QED) is 0.354. The minimum Gasteiger partial charge on any atom is -0.379 e. The number of ether oxygens (including phenoxy) is 5. The average molecular weight is 391 g/mol. The van der Waals surface area contributed by atoms with E-state index >= 15 is 0 Å². The molecule has 0 amide bonds. The molecule has 0 radical (unpaired) electrons. The Hall–Kier alpha value is -0.530. The van der Waals surface area contributed by atoms with Crippen LogP contribution in [0.2, 0.25) is 0 Å². The number of Topliss-reactive ketones (excluding diaryl/α,β-unsaturated/α-hetero) is 1. The van der Waals surface area contributed by atoms with Crippen LogP contribution in [0.5, 0.6) is 0 Å². The Morgan fingerprint density at radius 1 is 0.556 bits per heavy atom. The maximum Gasteiger partial charge on any atom is 0.140 e. The van der Waals surface area contributed by atoms with Crippen LogP contribution in [0.15, 0.2) is 0 Å². The standard InChI is InChI=1S/C21H42O6/c1-20(2,3)8-10-24-12-14-26-16-18-27-17-15-25-13-11-23-9-7-19(22)21(4,5)6/h7-18H2,1-6H3. The van der Waals surface area contributed by atoms with Crippen LogP contribution in [0.25, 0.3) is 0 Å². The molecule has 0 N–H and O–H groups in total. The summed E-state index contributed by atoms with van der Waals surface area (Å²) in [6, 6.07) is 0. The lowest BCUT2D eigenvalue weighted by atomic mass is 9.89. The Balaban J connectivity index is 3.16. The number of carbonyl (C=O) groups excluding carboxylic acids is 1. The molecular weight excluding hydrogens is 348 g/mol. The molecule has 0 aliphatic rings. The Morgan fingerprint density at radius 3 is 1.22 bits per heavy atom. The minimum absolute atomic E-state index is 0.218. The summed E-state index contributed by atoms with van der Waals surface area (Å²) in [7, 11) is 0. The smallest absolute Gasteiger partial charge is 0.140 e. The van der Waals surface area contributed by atoms with Crippen molar-refractivity contribution in [3.63, 3.8) is 0 Å². The Bertz CT molecular complexity index is 357. The zero-order chi connectivity index (χ0) is 20.6. The largest absolute Gasteiger partial charge is 0.379 e. The van der Waals surface area contributed by atoms with Crippen LogP contribution in [-0.2, 0) is 28.5 Å². The molecule has 0 heterocycles. The molecule has 0 unspecified atom stereocenters. The highest BCUT2D eigenvalue weighted by atomic mass is 16.6. The van der Waals surface area contributed by atoms with E-state index in [9.17, 15) is 4.79 Å². The predicted molar refractivity (Wildman–Crippen MR) is 107 cm³/mol. The van der Waals surface area contributed by atoms with Crippen LogP contribution in [-0.4, -0.2) is 71.9 Å². The molecule has 0 spiro atoms. The third-order valence-corrected chi connectivity index (χ3v) is 3.79. The summed E-state index contributed by atoms with van der Waals surface area (Å²) in [5.41, 5.74) is 0.0222. The molecule has 0 atom stereocenters. The van der Waals surface area contributed by atoms with E-state index in [-0.39, 0.29) is 11.2 Å². The van der Waals surface area contributed by atoms with Gasteiger partial charge in [0.25, 0.3) is 0 Å². The van der Waals surface area contributed by atoms with Crippen molar-refractivity contribution >= 4 is 5.78 Å². The number of hydrogen-bond donors (Lipinski definition) is 0. The van der Waals surface area contributed by atoms with E-state index in [4.69, 9.17) is 23.7 Å². The first kappa shape index (κ1) is 26.5. The van der Waals surface area contributed by atoms with Gasteiger partial charge in [-0.05, 0) is 11.8 Å². The molecule has 0 rings (SSSR count). The fraction of sp³-hybridized carbons (Fsp3) is 0.952. The lowest BCUT2D eigenvalue weighted by molar-refractivity contribution is -0.127. The molecule has 0 aliphatic carbocycles. The van der Waals surface area contributed by atoms with Crippen molar-refractivity contribution < 1.29 is 28.5 Å². The molecule has 0 fully saturated rings. The highest BCUT2D eigenvalue weighted by Crippen LogP contribution is 2.17. The Labute approximate surface area is 166 Å². The zero-order valence-electron chi connectivity index (χ0n) is 18.4. The Kier molecular flexibility index (Phi) is 15.1. The Morgan fingerprint density at radius 2 is 0.889 bits per heavy atom. The van der Waals surface area contributed by atoms with E-state index in [0.29, 0.717) is 71.3 Å². The predicted octanol–water partition coefficient (Wildman–Crippen LogP) is 3.51. The molecule has 0 saturated heterocycles. The molecule has 0 aromatic rings. The van der Waals surface area contributed by atoms with E-state index in [2.05, 4.69) is 20.8 Å². The van der Waals surface area contributed by atoms with Crippen molar-refractivity contribution in [2.75, 3.05) is 66.1 Å². The zero-order valence-corrected chi connectivity index (χ0v) is 18.4. The van der Waals surface area contributed by atoms with E-state index < -0.39 is 0 Å². The number of ketones is 1. The minimum atomic E-state index is -0.291. The van der Waals surface area contributed by atoms with Gasteiger partial charge in [-0.1, -0.05) is 41.5 Å². The van der Waals surface area contributed by atoms with Gasteiger partial charge in [0.1, 0.15) is 5.78 Å². The molecule has 0 bridgehead atoms. The first-order chi connectivity index (χ1) is 12.6. The second-order valence-electron chi connectivity index (χ2n) is 8.80. The van der Waals surface area contributed by atoms with Gasteiger partial charge >= 0.3 is 0 Å². The van der Waals surface area contributed by atoms with Crippen molar-refractivity contribution in [3.8, 4) is 0 Å². The fourth-order valence-corrected chi connectivity index (χ4v) is 1.90. The molecule has 162 valence electrons. The van der Waals surface area contributed by atoms with Crippen LogP contribution in [0.3, 0.4) is 0 Å². The summed E-state index contributed by atoms with van der Waals surface area (Å²) in [5.74, 6) is 0.218. The van der Waals surface area contributed by atoms with Gasteiger partial charge in [0.05, 0.1) is 59.5 Å². The first-order valence-corrected chi connectivity index (χ1v) is 10.0. The van der Waals surface area contributed by atoms with Crippen LogP contribution >= 0.6 is 0 Å². The molecule has 6 nitrogen and oxygen atoms in total. The summed E-state index contributed by atoms with van der Waals surface area (Å²) in [4.78, 5) is 11.7. The van der Waals surface area contributed by atoms with Gasteiger partial charge in [-0.15, -0.1) is 0 Å². The van der Waals surface area contributed by atoms with Gasteiger partial charge in [-0.3, -0.25) is 4.79 Å².